The third-order valence-electron chi connectivity index (χ3n) is 6.22. The molecule has 0 N–H and O–H groups in total. The van der Waals surface area contributed by atoms with E-state index < -0.39 is 0 Å². The van der Waals surface area contributed by atoms with Crippen molar-refractivity contribution in [1.82, 2.24) is 14.9 Å². The van der Waals surface area contributed by atoms with Crippen LogP contribution in [0.1, 0.15) is 35.2 Å². The monoisotopic (exact) mass is 426 g/mol. The molecule has 1 fully saturated rings. The lowest BCUT2D eigenvalue weighted by Crippen LogP contribution is -2.46. The highest BCUT2D eigenvalue weighted by molar-refractivity contribution is 7.19. The second-order valence-corrected chi connectivity index (χ2v) is 9.16. The van der Waals surface area contributed by atoms with Crippen LogP contribution in [-0.4, -0.2) is 48.2 Å². The van der Waals surface area contributed by atoms with E-state index in [0.717, 1.165) is 66.8 Å². The lowest BCUT2D eigenvalue weighted by atomic mass is 10.1. The second kappa shape index (κ2) is 8.12. The molecular formula is C23H27FN4OS. The number of thiophene rings is 1. The second-order valence-electron chi connectivity index (χ2n) is 8.07. The Morgan fingerprint density at radius 3 is 2.73 bits per heavy atom. The highest BCUT2D eigenvalue weighted by Gasteiger charge is 2.27. The van der Waals surface area contributed by atoms with E-state index in [1.54, 1.807) is 19.2 Å². The molecular weight excluding hydrogens is 399 g/mol. The van der Waals surface area contributed by atoms with Crippen molar-refractivity contribution in [2.45, 2.75) is 39.2 Å². The summed E-state index contributed by atoms with van der Waals surface area (Å²) in [5, 5.41) is 1.30. The van der Waals surface area contributed by atoms with Gasteiger partial charge < -0.3 is 9.64 Å². The molecule has 0 spiro atoms. The number of benzene rings is 1. The molecule has 0 bridgehead atoms. The molecule has 3 aromatic rings. The number of anilines is 1. The first-order chi connectivity index (χ1) is 14.7. The van der Waals surface area contributed by atoms with Gasteiger partial charge in [0.15, 0.2) is 0 Å². The molecule has 1 aliphatic heterocycles. The van der Waals surface area contributed by atoms with Crippen molar-refractivity contribution >= 4 is 27.4 Å². The van der Waals surface area contributed by atoms with Crippen molar-refractivity contribution in [3.05, 3.63) is 45.8 Å². The van der Waals surface area contributed by atoms with Crippen LogP contribution in [0.25, 0.3) is 10.2 Å². The number of rotatable bonds is 5. The SMILES string of the molecule is CCc1nc(N2CCN(Cc3cc(F)ccc3OC)CC2)c2c3c(sc2n1)CCC3. The van der Waals surface area contributed by atoms with Gasteiger partial charge in [0.05, 0.1) is 12.5 Å². The Morgan fingerprint density at radius 2 is 1.97 bits per heavy atom. The first kappa shape index (κ1) is 19.7. The third-order valence-corrected chi connectivity index (χ3v) is 7.40. The van der Waals surface area contributed by atoms with Crippen LogP contribution in [0.3, 0.4) is 0 Å². The largest absolute Gasteiger partial charge is 0.496 e. The maximum atomic E-state index is 13.7. The first-order valence-electron chi connectivity index (χ1n) is 10.8. The molecule has 0 radical (unpaired) electrons. The molecule has 0 amide bonds. The molecule has 0 unspecified atom stereocenters. The van der Waals surface area contributed by atoms with Crippen molar-refractivity contribution in [2.75, 3.05) is 38.2 Å². The van der Waals surface area contributed by atoms with Gasteiger partial charge in [-0.05, 0) is 43.0 Å². The van der Waals surface area contributed by atoms with Gasteiger partial charge in [0.25, 0.3) is 0 Å². The van der Waals surface area contributed by atoms with Crippen molar-refractivity contribution in [2.24, 2.45) is 0 Å². The molecule has 2 aromatic heterocycles. The van der Waals surface area contributed by atoms with Crippen LogP contribution in [-0.2, 0) is 25.8 Å². The van der Waals surface area contributed by atoms with Crippen LogP contribution in [0.5, 0.6) is 5.75 Å². The molecule has 30 heavy (non-hydrogen) atoms. The van der Waals surface area contributed by atoms with E-state index >= 15 is 0 Å². The van der Waals surface area contributed by atoms with Gasteiger partial charge in [-0.2, -0.15) is 0 Å². The fourth-order valence-corrected chi connectivity index (χ4v) is 5.91. The van der Waals surface area contributed by atoms with E-state index in [2.05, 4.69) is 16.7 Å². The fraction of sp³-hybridized carbons (Fsp3) is 0.478. The molecule has 7 heteroatoms. The van der Waals surface area contributed by atoms with Gasteiger partial charge in [-0.15, -0.1) is 11.3 Å². The average Bonchev–Trinajstić information content (AvgIpc) is 3.35. The first-order valence-corrected chi connectivity index (χ1v) is 11.6. The number of methoxy groups -OCH3 is 1. The van der Waals surface area contributed by atoms with E-state index in [0.29, 0.717) is 6.54 Å². The Hall–Kier alpha value is -2.25. The summed E-state index contributed by atoms with van der Waals surface area (Å²) in [6, 6.07) is 4.74. The van der Waals surface area contributed by atoms with Gasteiger partial charge in [-0.1, -0.05) is 6.92 Å². The van der Waals surface area contributed by atoms with Crippen molar-refractivity contribution < 1.29 is 9.13 Å². The van der Waals surface area contributed by atoms with Crippen LogP contribution in [0.15, 0.2) is 18.2 Å². The molecule has 1 saturated heterocycles. The zero-order chi connectivity index (χ0) is 20.7. The minimum Gasteiger partial charge on any atom is -0.496 e. The van der Waals surface area contributed by atoms with Crippen LogP contribution in [0.2, 0.25) is 0 Å². The quantitative estimate of drug-likeness (QED) is 0.611. The van der Waals surface area contributed by atoms with Crippen LogP contribution in [0, 0.1) is 5.82 Å². The number of fused-ring (bicyclic) bond motifs is 3. The number of piperazine rings is 1. The Kier molecular flexibility index (Phi) is 5.33. The molecule has 3 heterocycles. The number of halogens is 1. The molecule has 0 saturated carbocycles. The molecule has 1 aliphatic carbocycles. The summed E-state index contributed by atoms with van der Waals surface area (Å²) in [6.07, 6.45) is 4.43. The minimum absolute atomic E-state index is 0.216. The summed E-state index contributed by atoms with van der Waals surface area (Å²) in [7, 11) is 1.64. The lowest BCUT2D eigenvalue weighted by molar-refractivity contribution is 0.245. The van der Waals surface area contributed by atoms with Crippen molar-refractivity contribution in [1.29, 1.82) is 0 Å². The number of ether oxygens (including phenoxy) is 1. The summed E-state index contributed by atoms with van der Waals surface area (Å²) < 4.78 is 19.1. The number of nitrogens with zero attached hydrogens (tertiary/aromatic N) is 4. The van der Waals surface area contributed by atoms with E-state index in [-0.39, 0.29) is 5.82 Å². The maximum Gasteiger partial charge on any atom is 0.141 e. The van der Waals surface area contributed by atoms with Gasteiger partial charge in [0.1, 0.15) is 28.0 Å². The Bertz CT molecular complexity index is 1070. The van der Waals surface area contributed by atoms with Gasteiger partial charge >= 0.3 is 0 Å². The van der Waals surface area contributed by atoms with Gasteiger partial charge in [-0.25, -0.2) is 14.4 Å². The standard InChI is InChI=1S/C23H27FN4OS/c1-3-20-25-22(21-17-5-4-6-19(17)30-23(21)26-20)28-11-9-27(10-12-28)14-15-13-16(24)7-8-18(15)29-2/h7-8,13H,3-6,9-12,14H2,1-2H3. The van der Waals surface area contributed by atoms with Crippen molar-refractivity contribution in [3.8, 4) is 5.75 Å². The topological polar surface area (TPSA) is 41.5 Å². The summed E-state index contributed by atoms with van der Waals surface area (Å²) in [5.74, 6) is 2.59. The zero-order valence-corrected chi connectivity index (χ0v) is 18.4. The zero-order valence-electron chi connectivity index (χ0n) is 17.6. The van der Waals surface area contributed by atoms with E-state index in [4.69, 9.17) is 14.7 Å². The molecule has 5 rings (SSSR count). The number of aryl methyl sites for hydroxylation is 3. The predicted molar refractivity (Wildman–Crippen MR) is 119 cm³/mol. The highest BCUT2D eigenvalue weighted by Crippen LogP contribution is 2.40. The summed E-state index contributed by atoms with van der Waals surface area (Å²) >= 11 is 1.86. The van der Waals surface area contributed by atoms with Crippen molar-refractivity contribution in [3.63, 3.8) is 0 Å². The number of hydrogen-bond acceptors (Lipinski definition) is 6. The summed E-state index contributed by atoms with van der Waals surface area (Å²) in [4.78, 5) is 17.3. The minimum atomic E-state index is -0.216. The Labute approximate surface area is 180 Å². The fourth-order valence-electron chi connectivity index (χ4n) is 4.64. The van der Waals surface area contributed by atoms with Crippen LogP contribution in [0.4, 0.5) is 10.2 Å². The molecule has 5 nitrogen and oxygen atoms in total. The summed E-state index contributed by atoms with van der Waals surface area (Å²) in [5.41, 5.74) is 2.39. The number of aromatic nitrogens is 2. The van der Waals surface area contributed by atoms with Gasteiger partial charge in [0, 0.05) is 49.6 Å². The predicted octanol–water partition coefficient (Wildman–Crippen LogP) is 4.21. The lowest BCUT2D eigenvalue weighted by Gasteiger charge is -2.36. The molecule has 2 aliphatic rings. The molecule has 158 valence electrons. The van der Waals surface area contributed by atoms with Crippen LogP contribution >= 0.6 is 11.3 Å². The number of hydrogen-bond donors (Lipinski definition) is 0. The highest BCUT2D eigenvalue weighted by atomic mass is 32.1. The average molecular weight is 427 g/mol. The molecule has 0 atom stereocenters. The summed E-state index contributed by atoms with van der Waals surface area (Å²) in [6.45, 7) is 6.48. The molecule has 1 aromatic carbocycles. The maximum absolute atomic E-state index is 13.7. The van der Waals surface area contributed by atoms with Gasteiger partial charge in [-0.3, -0.25) is 4.90 Å². The van der Waals surface area contributed by atoms with E-state index in [1.807, 2.05) is 11.3 Å². The third kappa shape index (κ3) is 3.54. The van der Waals surface area contributed by atoms with E-state index in [1.165, 1.54) is 34.7 Å². The normalized spacial score (nSPS) is 17.0. The smallest absolute Gasteiger partial charge is 0.141 e. The van der Waals surface area contributed by atoms with Gasteiger partial charge in [0.2, 0.25) is 0 Å². The van der Waals surface area contributed by atoms with E-state index in [9.17, 15) is 4.39 Å². The Morgan fingerprint density at radius 1 is 1.13 bits per heavy atom. The Balaban J connectivity index is 1.37. The van der Waals surface area contributed by atoms with Crippen LogP contribution < -0.4 is 9.64 Å².